The van der Waals surface area contributed by atoms with Gasteiger partial charge in [0.15, 0.2) is 0 Å². The number of hydrogen-bond donors (Lipinski definition) is 1. The van der Waals surface area contributed by atoms with Gasteiger partial charge in [0.2, 0.25) is 0 Å². The van der Waals surface area contributed by atoms with Crippen LogP contribution in [0.3, 0.4) is 0 Å². The van der Waals surface area contributed by atoms with E-state index < -0.39 is 0 Å². The minimum Gasteiger partial charge on any atom is -0.309 e. The molecule has 0 radical (unpaired) electrons. The maximum atomic E-state index is 13.8. The van der Waals surface area contributed by atoms with Crippen LogP contribution in [0.5, 0.6) is 0 Å². The van der Waals surface area contributed by atoms with Crippen LogP contribution in [0.15, 0.2) is 6.07 Å². The maximum Gasteiger partial charge on any atom is 0.127 e. The second-order valence-corrected chi connectivity index (χ2v) is 4.80. The van der Waals surface area contributed by atoms with Gasteiger partial charge in [0, 0.05) is 13.1 Å². The molecule has 1 aliphatic rings. The maximum absolute atomic E-state index is 13.8. The zero-order valence-electron chi connectivity index (χ0n) is 9.65. The Hall–Kier alpha value is -0.890. The largest absolute Gasteiger partial charge is 0.309 e. The molecule has 0 bridgehead atoms. The van der Waals surface area contributed by atoms with E-state index in [-0.39, 0.29) is 5.82 Å². The molecule has 0 spiro atoms. The van der Waals surface area contributed by atoms with E-state index in [9.17, 15) is 4.39 Å². The monoisotopic (exact) mass is 207 g/mol. The summed E-state index contributed by atoms with van der Waals surface area (Å²) in [6.45, 7) is 8.02. The Morgan fingerprint density at radius 1 is 1.40 bits per heavy atom. The molecule has 15 heavy (non-hydrogen) atoms. The Kier molecular flexibility index (Phi) is 2.79. The van der Waals surface area contributed by atoms with Crippen LogP contribution in [0.2, 0.25) is 0 Å². The first-order valence-corrected chi connectivity index (χ1v) is 5.60. The normalized spacial score (nSPS) is 14.7. The lowest BCUT2D eigenvalue weighted by atomic mass is 9.93. The molecular weight excluding hydrogens is 189 g/mol. The van der Waals surface area contributed by atoms with Gasteiger partial charge < -0.3 is 5.32 Å². The second-order valence-electron chi connectivity index (χ2n) is 4.80. The summed E-state index contributed by atoms with van der Waals surface area (Å²) in [6.07, 6.45) is 0.838. The van der Waals surface area contributed by atoms with Crippen molar-refractivity contribution in [3.63, 3.8) is 0 Å². The van der Waals surface area contributed by atoms with Crippen LogP contribution in [0.4, 0.5) is 4.39 Å². The number of rotatable bonds is 2. The van der Waals surface area contributed by atoms with E-state index in [4.69, 9.17) is 0 Å². The third-order valence-electron chi connectivity index (χ3n) is 3.11. The Bertz CT molecular complexity index is 383. The summed E-state index contributed by atoms with van der Waals surface area (Å²) in [4.78, 5) is 0. The molecule has 1 N–H and O–H groups in total. The molecular formula is C13H18FN. The average Bonchev–Trinajstić information content (AvgIpc) is 2.59. The van der Waals surface area contributed by atoms with Gasteiger partial charge >= 0.3 is 0 Å². The first kappa shape index (κ1) is 10.6. The summed E-state index contributed by atoms with van der Waals surface area (Å²) in [7, 11) is 0. The van der Waals surface area contributed by atoms with E-state index in [1.807, 2.05) is 6.92 Å². The minimum absolute atomic E-state index is 0.0244. The standard InChI is InChI=1S/C13H18FN/c1-8(2)4-11-9(3)12-7-15-6-10(12)5-13(11)14/h5,8,15H,4,6-7H2,1-3H3. The van der Waals surface area contributed by atoms with Gasteiger partial charge in [0.25, 0.3) is 0 Å². The Morgan fingerprint density at radius 3 is 2.80 bits per heavy atom. The minimum atomic E-state index is -0.0244. The highest BCUT2D eigenvalue weighted by atomic mass is 19.1. The smallest absolute Gasteiger partial charge is 0.127 e. The van der Waals surface area contributed by atoms with E-state index >= 15 is 0 Å². The molecule has 82 valence electrons. The predicted molar refractivity (Wildman–Crippen MR) is 60.2 cm³/mol. The van der Waals surface area contributed by atoms with E-state index in [2.05, 4.69) is 19.2 Å². The van der Waals surface area contributed by atoms with Crippen LogP contribution in [0.25, 0.3) is 0 Å². The zero-order chi connectivity index (χ0) is 11.0. The fourth-order valence-corrected chi connectivity index (χ4v) is 2.31. The Balaban J connectivity index is 2.46. The molecule has 0 amide bonds. The molecule has 1 aromatic rings. The van der Waals surface area contributed by atoms with Crippen molar-refractivity contribution >= 4 is 0 Å². The van der Waals surface area contributed by atoms with Crippen LogP contribution >= 0.6 is 0 Å². The summed E-state index contributed by atoms with van der Waals surface area (Å²) in [5.41, 5.74) is 4.51. The lowest BCUT2D eigenvalue weighted by Crippen LogP contribution is -2.04. The quantitative estimate of drug-likeness (QED) is 0.786. The first-order chi connectivity index (χ1) is 7.09. The molecule has 0 atom stereocenters. The topological polar surface area (TPSA) is 12.0 Å². The number of fused-ring (bicyclic) bond motifs is 1. The molecule has 1 aliphatic heterocycles. The molecule has 1 nitrogen and oxygen atoms in total. The summed E-state index contributed by atoms with van der Waals surface area (Å²) in [6, 6.07) is 1.71. The number of benzene rings is 1. The fraction of sp³-hybridized carbons (Fsp3) is 0.538. The highest BCUT2D eigenvalue weighted by Crippen LogP contribution is 2.27. The van der Waals surface area contributed by atoms with Crippen molar-refractivity contribution in [2.45, 2.75) is 40.3 Å². The molecule has 0 saturated carbocycles. The van der Waals surface area contributed by atoms with Crippen LogP contribution < -0.4 is 5.32 Å². The highest BCUT2D eigenvalue weighted by molar-refractivity contribution is 5.43. The van der Waals surface area contributed by atoms with E-state index in [0.717, 1.165) is 36.2 Å². The summed E-state index contributed by atoms with van der Waals surface area (Å²) in [5, 5.41) is 3.27. The highest BCUT2D eigenvalue weighted by Gasteiger charge is 2.18. The first-order valence-electron chi connectivity index (χ1n) is 5.60. The fourth-order valence-electron chi connectivity index (χ4n) is 2.31. The lowest BCUT2D eigenvalue weighted by molar-refractivity contribution is 0.569. The van der Waals surface area contributed by atoms with Crippen molar-refractivity contribution in [3.05, 3.63) is 34.1 Å². The van der Waals surface area contributed by atoms with Gasteiger partial charge in [-0.25, -0.2) is 4.39 Å². The van der Waals surface area contributed by atoms with Crippen LogP contribution in [-0.4, -0.2) is 0 Å². The molecule has 0 fully saturated rings. The van der Waals surface area contributed by atoms with Crippen molar-refractivity contribution < 1.29 is 4.39 Å². The van der Waals surface area contributed by atoms with Gasteiger partial charge in [-0.05, 0) is 47.6 Å². The van der Waals surface area contributed by atoms with Crippen molar-refractivity contribution in [2.75, 3.05) is 0 Å². The van der Waals surface area contributed by atoms with Gasteiger partial charge in [0.05, 0.1) is 0 Å². The summed E-state index contributed by atoms with van der Waals surface area (Å²) < 4.78 is 13.8. The summed E-state index contributed by atoms with van der Waals surface area (Å²) in [5.74, 6) is 0.481. The van der Waals surface area contributed by atoms with Crippen molar-refractivity contribution in [2.24, 2.45) is 5.92 Å². The van der Waals surface area contributed by atoms with Gasteiger partial charge in [-0.15, -0.1) is 0 Å². The lowest BCUT2D eigenvalue weighted by Gasteiger charge is -2.13. The van der Waals surface area contributed by atoms with Crippen molar-refractivity contribution in [1.82, 2.24) is 5.32 Å². The Labute approximate surface area is 90.7 Å². The van der Waals surface area contributed by atoms with Gasteiger partial charge in [-0.1, -0.05) is 13.8 Å². The summed E-state index contributed by atoms with van der Waals surface area (Å²) >= 11 is 0. The van der Waals surface area contributed by atoms with Gasteiger partial charge in [0.1, 0.15) is 5.82 Å². The molecule has 0 aromatic heterocycles. The molecule has 2 heteroatoms. The van der Waals surface area contributed by atoms with Crippen molar-refractivity contribution in [1.29, 1.82) is 0 Å². The molecule has 0 unspecified atom stereocenters. The van der Waals surface area contributed by atoms with Crippen molar-refractivity contribution in [3.8, 4) is 0 Å². The Morgan fingerprint density at radius 2 is 2.13 bits per heavy atom. The molecule has 0 saturated heterocycles. The molecule has 1 heterocycles. The third-order valence-corrected chi connectivity index (χ3v) is 3.11. The number of halogens is 1. The third kappa shape index (κ3) is 1.91. The van der Waals surface area contributed by atoms with Crippen LogP contribution in [0.1, 0.15) is 36.1 Å². The molecule has 0 aliphatic carbocycles. The molecule has 1 aromatic carbocycles. The van der Waals surface area contributed by atoms with Crippen LogP contribution in [0, 0.1) is 18.7 Å². The second kappa shape index (κ2) is 3.93. The number of hydrogen-bond acceptors (Lipinski definition) is 1. The van der Waals surface area contributed by atoms with E-state index in [1.54, 1.807) is 6.07 Å². The zero-order valence-corrected chi connectivity index (χ0v) is 9.65. The van der Waals surface area contributed by atoms with Gasteiger partial charge in [-0.2, -0.15) is 0 Å². The average molecular weight is 207 g/mol. The molecule has 2 rings (SSSR count). The van der Waals surface area contributed by atoms with Crippen LogP contribution in [-0.2, 0) is 19.5 Å². The van der Waals surface area contributed by atoms with Gasteiger partial charge in [-0.3, -0.25) is 0 Å². The number of nitrogens with one attached hydrogen (secondary N) is 1. The predicted octanol–water partition coefficient (Wildman–Crippen LogP) is 2.94. The SMILES string of the molecule is Cc1c(CC(C)C)c(F)cc2c1CNC2. The van der Waals surface area contributed by atoms with E-state index in [1.165, 1.54) is 5.56 Å². The van der Waals surface area contributed by atoms with E-state index in [0.29, 0.717) is 5.92 Å².